The van der Waals surface area contributed by atoms with Gasteiger partial charge in [0.1, 0.15) is 5.44 Å². The Hall–Kier alpha value is 0.310. The number of hydrogen-bond acceptors (Lipinski definition) is 1. The highest BCUT2D eigenvalue weighted by Gasteiger charge is 1.93. The van der Waals surface area contributed by atoms with E-state index >= 15 is 0 Å². The van der Waals surface area contributed by atoms with Gasteiger partial charge in [-0.05, 0) is 6.42 Å². The molecule has 1 nitrogen and oxygen atoms in total. The Morgan fingerprint density at radius 1 is 1.71 bits per heavy atom. The van der Waals surface area contributed by atoms with Gasteiger partial charge in [0.15, 0.2) is 0 Å². The predicted molar refractivity (Wildman–Crippen MR) is 33.0 cm³/mol. The third-order valence-electron chi connectivity index (χ3n) is 0.805. The van der Waals surface area contributed by atoms with Crippen LogP contribution in [0.2, 0.25) is 0 Å². The van der Waals surface area contributed by atoms with Crippen LogP contribution in [0.3, 0.4) is 0 Å². The molecule has 0 aliphatic heterocycles. The fraction of sp³-hybridized carbons (Fsp3) is 1.00. The fourth-order valence-corrected chi connectivity index (χ4v) is 0.561. The topological polar surface area (TPSA) is 19.9 Å². The molecule has 7 heavy (non-hydrogen) atoms. The van der Waals surface area contributed by atoms with Crippen molar-refractivity contribution < 1.29 is 5.11 Å². The van der Waals surface area contributed by atoms with Gasteiger partial charge in [-0.15, -0.1) is 12.6 Å². The molecule has 0 saturated carbocycles. The highest BCUT2D eigenvalue weighted by atomic mass is 32.1. The highest BCUT2D eigenvalue weighted by molar-refractivity contribution is 7.80. The van der Waals surface area contributed by atoms with Crippen LogP contribution in [0.4, 0.5) is 0 Å². The Morgan fingerprint density at radius 2 is 2.29 bits per heavy atom. The minimum Gasteiger partial charge on any atom is -0.222 e. The maximum absolute atomic E-state index is 10.2. The van der Waals surface area contributed by atoms with E-state index in [1.807, 2.05) is 0 Å². The normalized spacial score (nSPS) is 14.1. The van der Waals surface area contributed by atoms with Crippen LogP contribution in [0.1, 0.15) is 26.2 Å². The van der Waals surface area contributed by atoms with Crippen LogP contribution in [-0.4, -0.2) is 5.44 Å². The molecule has 1 atom stereocenters. The van der Waals surface area contributed by atoms with Crippen molar-refractivity contribution in [2.24, 2.45) is 0 Å². The van der Waals surface area contributed by atoms with Crippen LogP contribution in [0.5, 0.6) is 0 Å². The molecule has 0 bridgehead atoms. The van der Waals surface area contributed by atoms with E-state index in [0.29, 0.717) is 6.42 Å². The number of rotatable bonds is 3. The first-order valence-electron chi connectivity index (χ1n) is 2.61. The summed E-state index contributed by atoms with van der Waals surface area (Å²) < 4.78 is 0. The van der Waals surface area contributed by atoms with E-state index in [9.17, 15) is 5.11 Å². The van der Waals surface area contributed by atoms with Crippen molar-refractivity contribution in [3.05, 3.63) is 0 Å². The molecule has 0 aromatic rings. The minimum atomic E-state index is -0.653. The fourth-order valence-electron chi connectivity index (χ4n) is 0.379. The van der Waals surface area contributed by atoms with Crippen molar-refractivity contribution in [1.29, 1.82) is 0 Å². The largest absolute Gasteiger partial charge is 0.222 e. The van der Waals surface area contributed by atoms with Gasteiger partial charge in [-0.25, -0.2) is 5.11 Å². The molecule has 2 heteroatoms. The van der Waals surface area contributed by atoms with Gasteiger partial charge in [-0.2, -0.15) is 0 Å². The SMILES string of the molecule is CCCCC([O])S. The van der Waals surface area contributed by atoms with Crippen LogP contribution in [0.25, 0.3) is 0 Å². The molecule has 0 spiro atoms. The van der Waals surface area contributed by atoms with E-state index in [-0.39, 0.29) is 0 Å². The van der Waals surface area contributed by atoms with E-state index in [1.165, 1.54) is 0 Å². The van der Waals surface area contributed by atoms with E-state index < -0.39 is 5.44 Å². The lowest BCUT2D eigenvalue weighted by atomic mass is 10.3. The lowest BCUT2D eigenvalue weighted by Crippen LogP contribution is -1.90. The quantitative estimate of drug-likeness (QED) is 0.432. The summed E-state index contributed by atoms with van der Waals surface area (Å²) in [6.45, 7) is 2.07. The second kappa shape index (κ2) is 4.47. The molecule has 0 saturated heterocycles. The van der Waals surface area contributed by atoms with E-state index in [2.05, 4.69) is 19.6 Å². The van der Waals surface area contributed by atoms with Gasteiger partial charge in [-0.3, -0.25) is 0 Å². The Balaban J connectivity index is 2.68. The zero-order valence-electron chi connectivity index (χ0n) is 4.55. The van der Waals surface area contributed by atoms with Crippen molar-refractivity contribution in [2.75, 3.05) is 0 Å². The van der Waals surface area contributed by atoms with Crippen molar-refractivity contribution >= 4 is 12.6 Å². The maximum Gasteiger partial charge on any atom is 0.136 e. The molecule has 1 unspecified atom stereocenters. The first kappa shape index (κ1) is 7.31. The maximum atomic E-state index is 10.2. The van der Waals surface area contributed by atoms with Gasteiger partial charge in [0.25, 0.3) is 0 Å². The Kier molecular flexibility index (Phi) is 4.67. The zero-order valence-corrected chi connectivity index (χ0v) is 5.45. The van der Waals surface area contributed by atoms with E-state index in [1.54, 1.807) is 0 Å². The van der Waals surface area contributed by atoms with E-state index in [4.69, 9.17) is 0 Å². The number of unbranched alkanes of at least 4 members (excludes halogenated alkanes) is 1. The van der Waals surface area contributed by atoms with Gasteiger partial charge >= 0.3 is 0 Å². The summed E-state index contributed by atoms with van der Waals surface area (Å²) >= 11 is 3.68. The van der Waals surface area contributed by atoms with Gasteiger partial charge in [-0.1, -0.05) is 19.8 Å². The highest BCUT2D eigenvalue weighted by Crippen LogP contribution is 2.02. The first-order chi connectivity index (χ1) is 3.27. The van der Waals surface area contributed by atoms with Crippen molar-refractivity contribution in [3.63, 3.8) is 0 Å². The van der Waals surface area contributed by atoms with Gasteiger partial charge in [0.2, 0.25) is 0 Å². The molecule has 0 rings (SSSR count). The minimum absolute atomic E-state index is 0.653. The second-order valence-corrected chi connectivity index (χ2v) is 2.17. The number of hydrogen-bond donors (Lipinski definition) is 1. The lowest BCUT2D eigenvalue weighted by molar-refractivity contribution is 0.156. The molecular weight excluding hydrogens is 108 g/mol. The molecule has 0 aromatic carbocycles. The zero-order chi connectivity index (χ0) is 5.70. The summed E-state index contributed by atoms with van der Waals surface area (Å²) in [5.41, 5.74) is -0.653. The van der Waals surface area contributed by atoms with Crippen molar-refractivity contribution in [1.82, 2.24) is 0 Å². The molecule has 0 amide bonds. The average Bonchev–Trinajstić information content (AvgIpc) is 1.61. The van der Waals surface area contributed by atoms with Gasteiger partial charge < -0.3 is 0 Å². The number of thiol groups is 1. The summed E-state index contributed by atoms with van der Waals surface area (Å²) in [6, 6.07) is 0. The van der Waals surface area contributed by atoms with Crippen molar-refractivity contribution in [3.8, 4) is 0 Å². The van der Waals surface area contributed by atoms with Crippen LogP contribution in [0.15, 0.2) is 0 Å². The smallest absolute Gasteiger partial charge is 0.136 e. The molecule has 0 heterocycles. The molecule has 43 valence electrons. The summed E-state index contributed by atoms with van der Waals surface area (Å²) in [7, 11) is 0. The molecule has 0 N–H and O–H groups in total. The Labute approximate surface area is 50.1 Å². The van der Waals surface area contributed by atoms with Crippen LogP contribution >= 0.6 is 12.6 Å². The van der Waals surface area contributed by atoms with Crippen LogP contribution < -0.4 is 0 Å². The molecule has 0 aliphatic carbocycles. The van der Waals surface area contributed by atoms with Crippen molar-refractivity contribution in [2.45, 2.75) is 31.6 Å². The summed E-state index contributed by atoms with van der Waals surface area (Å²) in [5.74, 6) is 0. The Bertz CT molecular complexity index is 37.1. The first-order valence-corrected chi connectivity index (χ1v) is 3.13. The average molecular weight is 119 g/mol. The van der Waals surface area contributed by atoms with Gasteiger partial charge in [0.05, 0.1) is 0 Å². The van der Waals surface area contributed by atoms with E-state index in [0.717, 1.165) is 12.8 Å². The molecule has 0 aliphatic rings. The van der Waals surface area contributed by atoms with Crippen LogP contribution in [-0.2, 0) is 5.11 Å². The van der Waals surface area contributed by atoms with Crippen LogP contribution in [0, 0.1) is 0 Å². The lowest BCUT2D eigenvalue weighted by Gasteiger charge is -1.94. The predicted octanol–water partition coefficient (Wildman–Crippen LogP) is 1.86. The summed E-state index contributed by atoms with van der Waals surface area (Å²) in [5, 5.41) is 10.2. The molecule has 0 aromatic heterocycles. The molecular formula is C5H11OS. The molecule has 0 fully saturated rings. The monoisotopic (exact) mass is 119 g/mol. The Morgan fingerprint density at radius 3 is 2.43 bits per heavy atom. The summed E-state index contributed by atoms with van der Waals surface area (Å²) in [6.07, 6.45) is 2.82. The third-order valence-corrected chi connectivity index (χ3v) is 1.06. The molecule has 1 radical (unpaired) electrons. The second-order valence-electron chi connectivity index (χ2n) is 1.60. The standard InChI is InChI=1S/C5H11OS/c1-2-3-4-5(6)7/h5,7H,2-4H2,1H3. The van der Waals surface area contributed by atoms with Gasteiger partial charge in [0, 0.05) is 0 Å². The third kappa shape index (κ3) is 6.31. The summed E-state index contributed by atoms with van der Waals surface area (Å²) in [4.78, 5) is 0.